The van der Waals surface area contributed by atoms with Crippen LogP contribution in [0.5, 0.6) is 0 Å². The first-order chi connectivity index (χ1) is 11.9. The van der Waals surface area contributed by atoms with Crippen LogP contribution >= 0.6 is 0 Å². The van der Waals surface area contributed by atoms with Crippen molar-refractivity contribution in [2.45, 2.75) is 13.0 Å². The van der Waals surface area contributed by atoms with Gasteiger partial charge in [-0.05, 0) is 30.7 Å². The molecule has 1 aromatic heterocycles. The number of nitrogens with one attached hydrogen (secondary N) is 3. The van der Waals surface area contributed by atoms with E-state index in [-0.39, 0.29) is 5.69 Å². The third-order valence-electron chi connectivity index (χ3n) is 3.78. The van der Waals surface area contributed by atoms with E-state index < -0.39 is 17.0 Å². The van der Waals surface area contributed by atoms with Gasteiger partial charge in [0.25, 0.3) is 5.69 Å². The molecule has 25 heavy (non-hydrogen) atoms. The number of fused-ring (bicyclic) bond motifs is 1. The molecule has 3 aromatic rings. The van der Waals surface area contributed by atoms with Gasteiger partial charge in [0, 0.05) is 23.2 Å². The molecule has 5 N–H and O–H groups in total. The van der Waals surface area contributed by atoms with Gasteiger partial charge in [-0.15, -0.1) is 0 Å². The molecular formula is C16H16N6O3. The maximum absolute atomic E-state index is 12.2. The number of H-pyrrole nitrogens is 1. The molecule has 0 aliphatic heterocycles. The standard InChI is InChI=1S/C16H16N6O3/c1-9(10-3-2-4-12(7-10)22(24)25)18-16(23)19-11-5-6-14-13(8-11)15(17)21-20-14/h2-9H,1H3,(H3,17,20,21)(H2,18,19,23)/t9-/m0/s1. The number of nitrogens with zero attached hydrogens (tertiary/aromatic N) is 2. The summed E-state index contributed by atoms with van der Waals surface area (Å²) in [5.41, 5.74) is 7.69. The zero-order valence-corrected chi connectivity index (χ0v) is 13.3. The number of aromatic amines is 1. The molecule has 0 spiro atoms. The van der Waals surface area contributed by atoms with E-state index in [1.807, 2.05) is 0 Å². The number of nitro benzene ring substituents is 1. The predicted octanol–water partition coefficient (Wildman–Crippen LogP) is 2.94. The van der Waals surface area contributed by atoms with Gasteiger partial charge >= 0.3 is 6.03 Å². The van der Waals surface area contributed by atoms with Crippen LogP contribution in [-0.4, -0.2) is 21.2 Å². The first kappa shape index (κ1) is 16.2. The molecule has 0 saturated heterocycles. The Hall–Kier alpha value is -3.62. The topological polar surface area (TPSA) is 139 Å². The minimum absolute atomic E-state index is 0.0209. The summed E-state index contributed by atoms with van der Waals surface area (Å²) < 4.78 is 0. The summed E-state index contributed by atoms with van der Waals surface area (Å²) >= 11 is 0. The maximum Gasteiger partial charge on any atom is 0.319 e. The Morgan fingerprint density at radius 2 is 2.12 bits per heavy atom. The zero-order chi connectivity index (χ0) is 18.0. The summed E-state index contributed by atoms with van der Waals surface area (Å²) in [4.78, 5) is 22.5. The van der Waals surface area contributed by atoms with Crippen molar-refractivity contribution < 1.29 is 9.72 Å². The summed E-state index contributed by atoms with van der Waals surface area (Å²) in [6.45, 7) is 1.75. The number of benzene rings is 2. The van der Waals surface area contributed by atoms with Gasteiger partial charge in [0.1, 0.15) is 0 Å². The highest BCUT2D eigenvalue weighted by Gasteiger charge is 2.13. The maximum atomic E-state index is 12.2. The summed E-state index contributed by atoms with van der Waals surface area (Å²) in [7, 11) is 0. The lowest BCUT2D eigenvalue weighted by atomic mass is 10.1. The first-order valence-corrected chi connectivity index (χ1v) is 7.49. The van der Waals surface area contributed by atoms with E-state index in [4.69, 9.17) is 5.73 Å². The van der Waals surface area contributed by atoms with Crippen LogP contribution in [0.15, 0.2) is 42.5 Å². The highest BCUT2D eigenvalue weighted by molar-refractivity contribution is 5.95. The Bertz CT molecular complexity index is 952. The molecule has 3 rings (SSSR count). The number of rotatable bonds is 4. The number of hydrogen-bond acceptors (Lipinski definition) is 5. The first-order valence-electron chi connectivity index (χ1n) is 7.49. The number of urea groups is 1. The number of nitro groups is 1. The van der Waals surface area contributed by atoms with E-state index in [1.165, 1.54) is 12.1 Å². The average molecular weight is 340 g/mol. The molecule has 0 unspecified atom stereocenters. The smallest absolute Gasteiger partial charge is 0.319 e. The molecule has 0 saturated carbocycles. The van der Waals surface area contributed by atoms with Gasteiger partial charge in [0.2, 0.25) is 0 Å². The number of nitrogen functional groups attached to an aromatic ring is 1. The van der Waals surface area contributed by atoms with Crippen molar-refractivity contribution >= 4 is 34.1 Å². The van der Waals surface area contributed by atoms with E-state index >= 15 is 0 Å². The lowest BCUT2D eigenvalue weighted by molar-refractivity contribution is -0.384. The van der Waals surface area contributed by atoms with Gasteiger partial charge in [-0.25, -0.2) is 4.79 Å². The van der Waals surface area contributed by atoms with E-state index in [0.717, 1.165) is 5.52 Å². The molecule has 1 atom stereocenters. The van der Waals surface area contributed by atoms with Crippen molar-refractivity contribution in [3.05, 3.63) is 58.1 Å². The van der Waals surface area contributed by atoms with Crippen molar-refractivity contribution in [3.8, 4) is 0 Å². The Kier molecular flexibility index (Phi) is 4.21. The number of non-ortho nitro benzene ring substituents is 1. The van der Waals surface area contributed by atoms with Crippen molar-refractivity contribution in [2.75, 3.05) is 11.1 Å². The normalized spacial score (nSPS) is 11.9. The van der Waals surface area contributed by atoms with Crippen molar-refractivity contribution in [3.63, 3.8) is 0 Å². The number of aromatic nitrogens is 2. The van der Waals surface area contributed by atoms with Crippen molar-refractivity contribution in [1.29, 1.82) is 0 Å². The van der Waals surface area contributed by atoms with Crippen LogP contribution in [0.1, 0.15) is 18.5 Å². The van der Waals surface area contributed by atoms with Gasteiger partial charge in [0.05, 0.1) is 16.5 Å². The Balaban J connectivity index is 1.69. The summed E-state index contributed by atoms with van der Waals surface area (Å²) in [6, 6.07) is 10.5. The largest absolute Gasteiger partial charge is 0.382 e. The molecule has 0 aliphatic carbocycles. The Labute approximate surface area is 142 Å². The van der Waals surface area contributed by atoms with E-state index in [9.17, 15) is 14.9 Å². The fourth-order valence-corrected chi connectivity index (χ4v) is 2.47. The quantitative estimate of drug-likeness (QED) is 0.427. The lowest BCUT2D eigenvalue weighted by Gasteiger charge is -2.15. The van der Waals surface area contributed by atoms with Crippen LogP contribution in [0.2, 0.25) is 0 Å². The van der Waals surface area contributed by atoms with Gasteiger partial charge in [0.15, 0.2) is 5.82 Å². The minimum atomic E-state index is -0.471. The third-order valence-corrected chi connectivity index (χ3v) is 3.78. The summed E-state index contributed by atoms with van der Waals surface area (Å²) in [5, 5.41) is 23.7. The number of carbonyl (C=O) groups is 1. The molecule has 1 heterocycles. The summed E-state index contributed by atoms with van der Waals surface area (Å²) in [6.07, 6.45) is 0. The SMILES string of the molecule is C[C@H](NC(=O)Nc1ccc2[nH]nc(N)c2c1)c1cccc([N+](=O)[O-])c1. The number of amides is 2. The van der Waals surface area contributed by atoms with Gasteiger partial charge in [-0.2, -0.15) is 5.10 Å². The minimum Gasteiger partial charge on any atom is -0.382 e. The van der Waals surface area contributed by atoms with Gasteiger partial charge < -0.3 is 16.4 Å². The third kappa shape index (κ3) is 3.50. The predicted molar refractivity (Wildman–Crippen MR) is 94.2 cm³/mol. The Morgan fingerprint density at radius 1 is 1.32 bits per heavy atom. The molecule has 9 heteroatoms. The molecule has 128 valence electrons. The molecule has 9 nitrogen and oxygen atoms in total. The molecule has 2 amide bonds. The van der Waals surface area contributed by atoms with E-state index in [2.05, 4.69) is 20.8 Å². The number of anilines is 2. The van der Waals surface area contributed by atoms with Crippen LogP contribution in [0.4, 0.5) is 22.0 Å². The number of carbonyl (C=O) groups excluding carboxylic acids is 1. The highest BCUT2D eigenvalue weighted by atomic mass is 16.6. The van der Waals surface area contributed by atoms with Gasteiger partial charge in [-0.3, -0.25) is 15.2 Å². The van der Waals surface area contributed by atoms with Crippen LogP contribution in [-0.2, 0) is 0 Å². The number of hydrogen-bond donors (Lipinski definition) is 4. The molecule has 0 fully saturated rings. The monoisotopic (exact) mass is 340 g/mol. The molecule has 2 aromatic carbocycles. The van der Waals surface area contributed by atoms with Crippen LogP contribution in [0.25, 0.3) is 10.9 Å². The van der Waals surface area contributed by atoms with Crippen molar-refractivity contribution in [2.24, 2.45) is 0 Å². The second kappa shape index (κ2) is 6.48. The van der Waals surface area contributed by atoms with Crippen LogP contribution in [0.3, 0.4) is 0 Å². The number of nitrogens with two attached hydrogens (primary N) is 1. The van der Waals surface area contributed by atoms with Crippen molar-refractivity contribution in [1.82, 2.24) is 15.5 Å². The second-order valence-corrected chi connectivity index (χ2v) is 5.54. The molecule has 0 aliphatic rings. The molecule has 0 radical (unpaired) electrons. The van der Waals surface area contributed by atoms with Crippen LogP contribution in [0, 0.1) is 10.1 Å². The fourth-order valence-electron chi connectivity index (χ4n) is 2.47. The lowest BCUT2D eigenvalue weighted by Crippen LogP contribution is -2.31. The molecule has 0 bridgehead atoms. The Morgan fingerprint density at radius 3 is 2.88 bits per heavy atom. The second-order valence-electron chi connectivity index (χ2n) is 5.54. The average Bonchev–Trinajstić information content (AvgIpc) is 2.95. The molecular weight excluding hydrogens is 324 g/mol. The van der Waals surface area contributed by atoms with E-state index in [1.54, 1.807) is 37.3 Å². The van der Waals surface area contributed by atoms with E-state index in [0.29, 0.717) is 22.5 Å². The fraction of sp³-hybridized carbons (Fsp3) is 0.125. The summed E-state index contributed by atoms with van der Waals surface area (Å²) in [5.74, 6) is 0.351. The van der Waals surface area contributed by atoms with Crippen LogP contribution < -0.4 is 16.4 Å². The van der Waals surface area contributed by atoms with Gasteiger partial charge in [-0.1, -0.05) is 12.1 Å². The zero-order valence-electron chi connectivity index (χ0n) is 13.3. The highest BCUT2D eigenvalue weighted by Crippen LogP contribution is 2.22.